The van der Waals surface area contributed by atoms with Crippen LogP contribution in [-0.4, -0.2) is 48.3 Å². The first kappa shape index (κ1) is 14.9. The lowest BCUT2D eigenvalue weighted by molar-refractivity contribution is -0.0365. The van der Waals surface area contributed by atoms with Crippen molar-refractivity contribution in [2.45, 2.75) is 50.7 Å². The summed E-state index contributed by atoms with van der Waals surface area (Å²) in [5.41, 5.74) is -0.332. The summed E-state index contributed by atoms with van der Waals surface area (Å²) in [5, 5.41) is 7.59. The van der Waals surface area contributed by atoms with Crippen LogP contribution < -0.4 is 5.32 Å². The fourth-order valence-corrected chi connectivity index (χ4v) is 3.38. The SMILES string of the molecule is COC1(c2noc(CN3CCNCC3)n2)CCCCCC1. The van der Waals surface area contributed by atoms with Gasteiger partial charge in [-0.1, -0.05) is 30.8 Å². The summed E-state index contributed by atoms with van der Waals surface area (Å²) < 4.78 is 11.3. The highest BCUT2D eigenvalue weighted by atomic mass is 16.5. The van der Waals surface area contributed by atoms with Crippen LogP contribution >= 0.6 is 0 Å². The summed E-state index contributed by atoms with van der Waals surface area (Å²) >= 11 is 0. The van der Waals surface area contributed by atoms with E-state index in [2.05, 4.69) is 20.4 Å². The number of nitrogens with one attached hydrogen (secondary N) is 1. The number of hydrogen-bond donors (Lipinski definition) is 1. The van der Waals surface area contributed by atoms with E-state index in [9.17, 15) is 0 Å². The summed E-state index contributed by atoms with van der Waals surface area (Å²) in [7, 11) is 1.78. The van der Waals surface area contributed by atoms with Gasteiger partial charge in [0.05, 0.1) is 6.54 Å². The number of nitrogens with zero attached hydrogens (tertiary/aromatic N) is 3. The van der Waals surface area contributed by atoms with E-state index in [1.807, 2.05) is 0 Å². The minimum absolute atomic E-state index is 0.332. The Morgan fingerprint density at radius 2 is 1.90 bits per heavy atom. The maximum absolute atomic E-state index is 5.84. The van der Waals surface area contributed by atoms with E-state index in [1.54, 1.807) is 7.11 Å². The van der Waals surface area contributed by atoms with Crippen molar-refractivity contribution in [2.24, 2.45) is 0 Å². The Hall–Kier alpha value is -0.980. The number of rotatable bonds is 4. The van der Waals surface area contributed by atoms with Crippen LogP contribution in [0.25, 0.3) is 0 Å². The Labute approximate surface area is 126 Å². The van der Waals surface area contributed by atoms with Crippen LogP contribution in [0.15, 0.2) is 4.52 Å². The van der Waals surface area contributed by atoms with Gasteiger partial charge in [0, 0.05) is 33.3 Å². The quantitative estimate of drug-likeness (QED) is 0.852. The van der Waals surface area contributed by atoms with Gasteiger partial charge in [0.2, 0.25) is 11.7 Å². The molecule has 1 saturated heterocycles. The van der Waals surface area contributed by atoms with Gasteiger partial charge in [-0.3, -0.25) is 4.90 Å². The monoisotopic (exact) mass is 294 g/mol. The zero-order valence-electron chi connectivity index (χ0n) is 12.9. The Morgan fingerprint density at radius 3 is 2.57 bits per heavy atom. The van der Waals surface area contributed by atoms with E-state index in [1.165, 1.54) is 25.7 Å². The van der Waals surface area contributed by atoms with Crippen molar-refractivity contribution in [1.82, 2.24) is 20.4 Å². The lowest BCUT2D eigenvalue weighted by atomic mass is 9.93. The largest absolute Gasteiger partial charge is 0.370 e. The molecule has 6 nitrogen and oxygen atoms in total. The maximum atomic E-state index is 5.84. The molecule has 1 N–H and O–H groups in total. The molecule has 0 amide bonds. The van der Waals surface area contributed by atoms with Crippen molar-refractivity contribution in [2.75, 3.05) is 33.3 Å². The number of aromatic nitrogens is 2. The van der Waals surface area contributed by atoms with Gasteiger partial charge in [-0.2, -0.15) is 4.98 Å². The molecular formula is C15H26N4O2. The third-order valence-corrected chi connectivity index (χ3v) is 4.75. The van der Waals surface area contributed by atoms with Crippen LogP contribution in [0, 0.1) is 0 Å². The van der Waals surface area contributed by atoms with E-state index >= 15 is 0 Å². The molecule has 0 atom stereocenters. The van der Waals surface area contributed by atoms with E-state index < -0.39 is 0 Å². The van der Waals surface area contributed by atoms with Gasteiger partial charge in [0.1, 0.15) is 5.60 Å². The molecule has 1 aromatic heterocycles. The van der Waals surface area contributed by atoms with Gasteiger partial charge in [0.15, 0.2) is 0 Å². The predicted octanol–water partition coefficient (Wildman–Crippen LogP) is 1.67. The molecule has 118 valence electrons. The highest BCUT2D eigenvalue weighted by Crippen LogP contribution is 2.37. The number of hydrogen-bond acceptors (Lipinski definition) is 6. The van der Waals surface area contributed by atoms with Gasteiger partial charge in [-0.25, -0.2) is 0 Å². The number of piperazine rings is 1. The Bertz CT molecular complexity index is 435. The minimum Gasteiger partial charge on any atom is -0.370 e. The molecular weight excluding hydrogens is 268 g/mol. The molecule has 1 saturated carbocycles. The molecule has 21 heavy (non-hydrogen) atoms. The van der Waals surface area contributed by atoms with Gasteiger partial charge < -0.3 is 14.6 Å². The van der Waals surface area contributed by atoms with E-state index in [-0.39, 0.29) is 5.60 Å². The van der Waals surface area contributed by atoms with Crippen LogP contribution in [0.4, 0.5) is 0 Å². The molecule has 1 aliphatic carbocycles. The first-order valence-electron chi connectivity index (χ1n) is 8.14. The molecule has 2 heterocycles. The van der Waals surface area contributed by atoms with Gasteiger partial charge in [-0.15, -0.1) is 0 Å². The van der Waals surface area contributed by atoms with Crippen LogP contribution in [0.1, 0.15) is 50.2 Å². The Morgan fingerprint density at radius 1 is 1.19 bits per heavy atom. The summed E-state index contributed by atoms with van der Waals surface area (Å²) in [5.74, 6) is 1.46. The number of ether oxygens (including phenoxy) is 1. The van der Waals surface area contributed by atoms with E-state index in [4.69, 9.17) is 9.26 Å². The molecule has 0 bridgehead atoms. The van der Waals surface area contributed by atoms with Crippen molar-refractivity contribution in [3.8, 4) is 0 Å². The fraction of sp³-hybridized carbons (Fsp3) is 0.867. The molecule has 0 radical (unpaired) electrons. The average molecular weight is 294 g/mol. The lowest BCUT2D eigenvalue weighted by Gasteiger charge is -2.27. The van der Waals surface area contributed by atoms with Crippen molar-refractivity contribution in [1.29, 1.82) is 0 Å². The zero-order chi connectivity index (χ0) is 14.5. The average Bonchev–Trinajstić information content (AvgIpc) is 2.85. The Kier molecular flexibility index (Phi) is 4.87. The van der Waals surface area contributed by atoms with Crippen molar-refractivity contribution >= 4 is 0 Å². The lowest BCUT2D eigenvalue weighted by Crippen LogP contribution is -2.43. The molecule has 1 aromatic rings. The van der Waals surface area contributed by atoms with E-state index in [0.717, 1.165) is 51.4 Å². The molecule has 2 fully saturated rings. The van der Waals surface area contributed by atoms with Crippen LogP contribution in [0.3, 0.4) is 0 Å². The number of methoxy groups -OCH3 is 1. The molecule has 1 aliphatic heterocycles. The summed E-state index contributed by atoms with van der Waals surface area (Å²) in [6.07, 6.45) is 6.89. The van der Waals surface area contributed by atoms with Crippen molar-refractivity contribution < 1.29 is 9.26 Å². The third-order valence-electron chi connectivity index (χ3n) is 4.75. The van der Waals surface area contributed by atoms with Crippen LogP contribution in [-0.2, 0) is 16.9 Å². The summed E-state index contributed by atoms with van der Waals surface area (Å²) in [6.45, 7) is 4.88. The van der Waals surface area contributed by atoms with Gasteiger partial charge >= 0.3 is 0 Å². The topological polar surface area (TPSA) is 63.4 Å². The molecule has 6 heteroatoms. The third kappa shape index (κ3) is 3.44. The second-order valence-corrected chi connectivity index (χ2v) is 6.15. The first-order valence-corrected chi connectivity index (χ1v) is 8.14. The first-order chi connectivity index (χ1) is 10.3. The summed E-state index contributed by atoms with van der Waals surface area (Å²) in [6, 6.07) is 0. The molecule has 0 spiro atoms. The second-order valence-electron chi connectivity index (χ2n) is 6.15. The van der Waals surface area contributed by atoms with Crippen molar-refractivity contribution in [3.63, 3.8) is 0 Å². The molecule has 2 aliphatic rings. The highest BCUT2D eigenvalue weighted by Gasteiger charge is 2.37. The molecule has 0 unspecified atom stereocenters. The smallest absolute Gasteiger partial charge is 0.240 e. The maximum Gasteiger partial charge on any atom is 0.240 e. The second kappa shape index (κ2) is 6.85. The van der Waals surface area contributed by atoms with E-state index in [0.29, 0.717) is 5.89 Å². The minimum atomic E-state index is -0.332. The fourth-order valence-electron chi connectivity index (χ4n) is 3.38. The highest BCUT2D eigenvalue weighted by molar-refractivity contribution is 5.02. The van der Waals surface area contributed by atoms with Gasteiger partial charge in [0.25, 0.3) is 0 Å². The van der Waals surface area contributed by atoms with Gasteiger partial charge in [-0.05, 0) is 12.8 Å². The zero-order valence-corrected chi connectivity index (χ0v) is 12.9. The predicted molar refractivity (Wildman–Crippen MR) is 78.8 cm³/mol. The normalized spacial score (nSPS) is 23.9. The standard InChI is InChI=1S/C15H26N4O2/c1-20-15(6-4-2-3-5-7-15)14-17-13(21-18-14)12-19-10-8-16-9-11-19/h16H,2-12H2,1H3. The van der Waals surface area contributed by atoms with Crippen molar-refractivity contribution in [3.05, 3.63) is 11.7 Å². The van der Waals surface area contributed by atoms with Crippen LogP contribution in [0.5, 0.6) is 0 Å². The van der Waals surface area contributed by atoms with Crippen LogP contribution in [0.2, 0.25) is 0 Å². The molecule has 0 aromatic carbocycles. The molecule has 3 rings (SSSR count). The summed E-state index contributed by atoms with van der Waals surface area (Å²) in [4.78, 5) is 7.00. The Balaban J connectivity index is 1.69.